The quantitative estimate of drug-likeness (QED) is 0.0802. The summed E-state index contributed by atoms with van der Waals surface area (Å²) in [6.45, 7) is 9.53. The second-order valence-corrected chi connectivity index (χ2v) is 12.1. The second kappa shape index (κ2) is 12.3. The van der Waals surface area contributed by atoms with Crippen molar-refractivity contribution >= 4 is 40.8 Å². The first-order valence-electron chi connectivity index (χ1n) is 13.4. The maximum Gasteiger partial charge on any atom is 0.338 e. The molecule has 5 aromatic rings. The van der Waals surface area contributed by atoms with E-state index in [1.807, 2.05) is 105 Å². The highest BCUT2D eigenvalue weighted by molar-refractivity contribution is 7.88. The molecule has 0 saturated heterocycles. The third-order valence-corrected chi connectivity index (χ3v) is 9.04. The molecule has 0 spiro atoms. The van der Waals surface area contributed by atoms with Crippen LogP contribution in [-0.4, -0.2) is 11.5 Å². The van der Waals surface area contributed by atoms with Gasteiger partial charge in [0.25, 0.3) is 0 Å². The summed E-state index contributed by atoms with van der Waals surface area (Å²) in [5.41, 5.74) is 3.96. The number of hydrogen-bond acceptors (Lipinski definition) is 4. The Morgan fingerprint density at radius 3 is 1.85 bits per heavy atom. The van der Waals surface area contributed by atoms with Gasteiger partial charge in [-0.3, -0.25) is 4.79 Å². The van der Waals surface area contributed by atoms with Crippen molar-refractivity contribution in [3.8, 4) is 11.5 Å². The summed E-state index contributed by atoms with van der Waals surface area (Å²) in [7, 11) is -1.29. The molecule has 0 N–H and O–H groups in total. The molecule has 5 rings (SSSR count). The average molecular weight is 559 g/mol. The molecule has 0 unspecified atom stereocenters. The Labute approximate surface area is 242 Å². The van der Waals surface area contributed by atoms with Crippen molar-refractivity contribution in [1.82, 2.24) is 0 Å². The number of carbonyl (C=O) groups is 2. The fraction of sp³-hybridized carbons (Fsp3) is 0.111. The summed E-state index contributed by atoms with van der Waals surface area (Å²) < 4.78 is 12.0. The molecule has 5 aromatic carbocycles. The Hall–Kier alpha value is -4.53. The van der Waals surface area contributed by atoms with E-state index in [1.54, 1.807) is 19.1 Å². The number of hydrogen-bond donors (Lipinski definition) is 0. The molecule has 4 nitrogen and oxygen atoms in total. The maximum absolute atomic E-state index is 14.4. The number of benzene rings is 5. The topological polar surface area (TPSA) is 52.6 Å². The van der Waals surface area contributed by atoms with Crippen molar-refractivity contribution < 1.29 is 19.1 Å². The number of rotatable bonds is 9. The third-order valence-electron chi connectivity index (χ3n) is 6.79. The van der Waals surface area contributed by atoms with Crippen LogP contribution in [0.1, 0.15) is 34.0 Å². The van der Waals surface area contributed by atoms with Crippen LogP contribution < -0.4 is 20.1 Å². The molecular weight excluding hydrogens is 527 g/mol. The zero-order valence-electron chi connectivity index (χ0n) is 23.4. The number of carbonyl (C=O) groups excluding carboxylic acids is 2. The van der Waals surface area contributed by atoms with Crippen LogP contribution in [0.4, 0.5) is 0 Å². The van der Waals surface area contributed by atoms with Gasteiger partial charge in [0.2, 0.25) is 0 Å². The van der Waals surface area contributed by atoms with E-state index < -0.39 is 13.9 Å². The van der Waals surface area contributed by atoms with Crippen LogP contribution >= 0.6 is 7.92 Å². The minimum Gasteiger partial charge on any atom is -0.488 e. The average Bonchev–Trinajstić information content (AvgIpc) is 2.97. The Bertz CT molecular complexity index is 1700. The molecule has 0 fully saturated rings. The van der Waals surface area contributed by atoms with Crippen LogP contribution in [0.2, 0.25) is 0 Å². The fourth-order valence-corrected chi connectivity index (χ4v) is 7.18. The van der Waals surface area contributed by atoms with Gasteiger partial charge in [0.1, 0.15) is 18.1 Å². The van der Waals surface area contributed by atoms with E-state index in [0.29, 0.717) is 22.6 Å². The molecule has 0 aromatic heterocycles. The lowest BCUT2D eigenvalue weighted by atomic mass is 10.00. The summed E-state index contributed by atoms with van der Waals surface area (Å²) in [4.78, 5) is 26.6. The molecule has 0 atom stereocenters. The van der Waals surface area contributed by atoms with Crippen LogP contribution in [-0.2, 0) is 11.4 Å². The van der Waals surface area contributed by atoms with Crippen LogP contribution in [0.5, 0.6) is 11.5 Å². The Kier molecular flexibility index (Phi) is 8.42. The van der Waals surface area contributed by atoms with Crippen molar-refractivity contribution in [3.05, 3.63) is 144 Å². The summed E-state index contributed by atoms with van der Waals surface area (Å²) in [5, 5.41) is 3.59. The minimum atomic E-state index is -1.29. The molecule has 0 aliphatic heterocycles. The van der Waals surface area contributed by atoms with Crippen molar-refractivity contribution in [2.24, 2.45) is 0 Å². The molecule has 0 aliphatic rings. The lowest BCUT2D eigenvalue weighted by Crippen LogP contribution is -2.20. The summed E-state index contributed by atoms with van der Waals surface area (Å²) >= 11 is 0. The van der Waals surface area contributed by atoms with E-state index in [4.69, 9.17) is 9.47 Å². The molecule has 0 bridgehead atoms. The molecule has 204 valence electrons. The van der Waals surface area contributed by atoms with Crippen molar-refractivity contribution in [2.75, 3.05) is 0 Å². The lowest BCUT2D eigenvalue weighted by molar-refractivity contribution is -0.129. The van der Waals surface area contributed by atoms with Crippen LogP contribution in [0, 0.1) is 13.8 Å². The molecule has 41 heavy (non-hydrogen) atoms. The number of esters is 1. The highest BCUT2D eigenvalue weighted by Gasteiger charge is 2.27. The number of ether oxygens (including phenoxy) is 2. The van der Waals surface area contributed by atoms with Gasteiger partial charge in [0.15, 0.2) is 5.52 Å². The van der Waals surface area contributed by atoms with Gasteiger partial charge < -0.3 is 9.47 Å². The highest BCUT2D eigenvalue weighted by Crippen LogP contribution is 2.40. The Morgan fingerprint density at radius 2 is 1.27 bits per heavy atom. The first kappa shape index (κ1) is 28.0. The van der Waals surface area contributed by atoms with Crippen LogP contribution in [0.15, 0.2) is 121 Å². The summed E-state index contributed by atoms with van der Waals surface area (Å²) in [6.07, 6.45) is 0. The zero-order valence-corrected chi connectivity index (χ0v) is 24.3. The van der Waals surface area contributed by atoms with Gasteiger partial charge in [-0.15, -0.1) is 0 Å². The van der Waals surface area contributed by atoms with Crippen molar-refractivity contribution in [3.63, 3.8) is 0 Å². The first-order valence-corrected chi connectivity index (χ1v) is 14.7. The molecule has 0 radical (unpaired) electrons. The Balaban J connectivity index is 1.52. The molecule has 0 saturated carbocycles. The standard InChI is InChI=1S/C36H31O4P/c1-24(2)35(37)40-33-20-19-32(30-17-11-12-18-31(30)33)39-23-27-22-25(3)21-26(4)34(27)36(38)41(28-13-7-5-8-14-28)29-15-9-6-10-16-29/h5-22H,1,23H2,2-4H3. The van der Waals surface area contributed by atoms with E-state index >= 15 is 0 Å². The number of fused-ring (bicyclic) bond motifs is 1. The van der Waals surface area contributed by atoms with Gasteiger partial charge in [0, 0.05) is 35.4 Å². The first-order chi connectivity index (χ1) is 19.8. The molecule has 0 heterocycles. The van der Waals surface area contributed by atoms with Gasteiger partial charge in [0.05, 0.1) is 0 Å². The molecular formula is C36H31O4P. The predicted octanol–water partition coefficient (Wildman–Crippen LogP) is 7.79. The summed E-state index contributed by atoms with van der Waals surface area (Å²) in [6, 6.07) is 35.2. The van der Waals surface area contributed by atoms with Gasteiger partial charge in [-0.2, -0.15) is 0 Å². The highest BCUT2D eigenvalue weighted by atomic mass is 31.1. The van der Waals surface area contributed by atoms with E-state index in [9.17, 15) is 9.59 Å². The normalized spacial score (nSPS) is 10.9. The zero-order chi connectivity index (χ0) is 28.9. The minimum absolute atomic E-state index is 0.0976. The van der Waals surface area contributed by atoms with E-state index in [0.717, 1.165) is 38.1 Å². The molecule has 0 aliphatic carbocycles. The predicted molar refractivity (Wildman–Crippen MR) is 168 cm³/mol. The van der Waals surface area contributed by atoms with E-state index in [1.165, 1.54) is 0 Å². The maximum atomic E-state index is 14.4. The van der Waals surface area contributed by atoms with E-state index in [2.05, 4.69) is 12.6 Å². The monoisotopic (exact) mass is 558 g/mol. The largest absolute Gasteiger partial charge is 0.488 e. The van der Waals surface area contributed by atoms with Gasteiger partial charge >= 0.3 is 5.97 Å². The fourth-order valence-electron chi connectivity index (χ4n) is 4.93. The van der Waals surface area contributed by atoms with Crippen molar-refractivity contribution in [1.29, 1.82) is 0 Å². The summed E-state index contributed by atoms with van der Waals surface area (Å²) in [5.74, 6) is 0.608. The van der Waals surface area contributed by atoms with Gasteiger partial charge in [-0.05, 0) is 49.1 Å². The van der Waals surface area contributed by atoms with Gasteiger partial charge in [-0.25, -0.2) is 4.79 Å². The van der Waals surface area contributed by atoms with Gasteiger partial charge in [-0.1, -0.05) is 109 Å². The van der Waals surface area contributed by atoms with E-state index in [-0.39, 0.29) is 12.1 Å². The number of aryl methyl sites for hydroxylation is 2. The third kappa shape index (κ3) is 6.14. The smallest absolute Gasteiger partial charge is 0.338 e. The SMILES string of the molecule is C=C(C)C(=O)Oc1ccc(OCc2cc(C)cc(C)c2C(=O)P(c2ccccc2)c2ccccc2)c2ccccc12. The lowest BCUT2D eigenvalue weighted by Gasteiger charge is -2.21. The van der Waals surface area contributed by atoms with Crippen LogP contribution in [0.3, 0.4) is 0 Å². The van der Waals surface area contributed by atoms with Crippen molar-refractivity contribution in [2.45, 2.75) is 27.4 Å². The molecule has 0 amide bonds. The van der Waals surface area contributed by atoms with Crippen LogP contribution in [0.25, 0.3) is 10.8 Å². The Morgan fingerprint density at radius 1 is 0.732 bits per heavy atom. The second-order valence-electron chi connectivity index (χ2n) is 9.99. The molecule has 5 heteroatoms.